The van der Waals surface area contributed by atoms with Crippen molar-refractivity contribution in [2.75, 3.05) is 6.61 Å². The van der Waals surface area contributed by atoms with Gasteiger partial charge in [-0.15, -0.1) is 0 Å². The van der Waals surface area contributed by atoms with Crippen molar-refractivity contribution in [1.29, 1.82) is 0 Å². The van der Waals surface area contributed by atoms with Crippen molar-refractivity contribution in [2.24, 2.45) is 5.92 Å². The maximum atomic E-state index is 12.7. The van der Waals surface area contributed by atoms with Gasteiger partial charge in [0.2, 0.25) is 0 Å². The maximum absolute atomic E-state index is 12.7. The molecule has 0 unspecified atom stereocenters. The number of carbonyl (C=O) groups is 1. The van der Waals surface area contributed by atoms with Gasteiger partial charge in [-0.2, -0.15) is 0 Å². The van der Waals surface area contributed by atoms with Gasteiger partial charge in [0.05, 0.1) is 18.6 Å². The zero-order valence-corrected chi connectivity index (χ0v) is 19.2. The highest BCUT2D eigenvalue weighted by atomic mass is 28.4. The summed E-state index contributed by atoms with van der Waals surface area (Å²) >= 11 is 0. The lowest BCUT2D eigenvalue weighted by Gasteiger charge is -2.47. The standard InChI is InChI=1S/C25H34O3Si/c1-5-27-24(26)22-18-12-13-19-23(22)28-29(25(2,3)4,20-14-8-6-9-15-20)21-16-10-7-11-17-21/h6-11,14-17,22-23H,5,12-13,18-19H2,1-4H3/t22-,23-/m1/s1. The van der Waals surface area contributed by atoms with E-state index in [4.69, 9.17) is 9.16 Å². The smallest absolute Gasteiger partial charge is 0.311 e. The van der Waals surface area contributed by atoms with Crippen LogP contribution in [-0.2, 0) is 14.0 Å². The Morgan fingerprint density at radius 1 is 0.931 bits per heavy atom. The van der Waals surface area contributed by atoms with Crippen LogP contribution in [0.2, 0.25) is 5.04 Å². The predicted octanol–water partition coefficient (Wildman–Crippen LogP) is 4.68. The van der Waals surface area contributed by atoms with Crippen LogP contribution < -0.4 is 10.4 Å². The van der Waals surface area contributed by atoms with Crippen LogP contribution in [0, 0.1) is 5.92 Å². The summed E-state index contributed by atoms with van der Waals surface area (Å²) in [7, 11) is -2.66. The number of hydrogen-bond donors (Lipinski definition) is 0. The highest BCUT2D eigenvalue weighted by molar-refractivity contribution is 6.99. The van der Waals surface area contributed by atoms with E-state index < -0.39 is 8.32 Å². The molecule has 156 valence electrons. The van der Waals surface area contributed by atoms with Gasteiger partial charge in [-0.1, -0.05) is 94.3 Å². The van der Waals surface area contributed by atoms with Crippen molar-refractivity contribution in [2.45, 2.75) is 64.5 Å². The Labute approximate surface area is 176 Å². The maximum Gasteiger partial charge on any atom is 0.311 e. The fourth-order valence-electron chi connectivity index (χ4n) is 4.68. The van der Waals surface area contributed by atoms with E-state index in [9.17, 15) is 4.79 Å². The molecule has 0 radical (unpaired) electrons. The number of esters is 1. The minimum absolute atomic E-state index is 0.0909. The highest BCUT2D eigenvalue weighted by Crippen LogP contribution is 2.40. The summed E-state index contributed by atoms with van der Waals surface area (Å²) in [6.45, 7) is 9.13. The average molecular weight is 411 g/mol. The van der Waals surface area contributed by atoms with Crippen LogP contribution in [0.1, 0.15) is 53.4 Å². The lowest BCUT2D eigenvalue weighted by Crippen LogP contribution is -2.68. The number of carbonyl (C=O) groups excluding carboxylic acids is 1. The summed E-state index contributed by atoms with van der Waals surface area (Å²) in [4.78, 5) is 12.7. The average Bonchev–Trinajstić information content (AvgIpc) is 2.73. The second-order valence-electron chi connectivity index (χ2n) is 8.96. The monoisotopic (exact) mass is 410 g/mol. The summed E-state index contributed by atoms with van der Waals surface area (Å²) in [5.74, 6) is -0.277. The molecule has 1 aliphatic carbocycles. The van der Waals surface area contributed by atoms with Gasteiger partial charge in [-0.25, -0.2) is 0 Å². The molecule has 0 heterocycles. The summed E-state index contributed by atoms with van der Waals surface area (Å²) in [5, 5.41) is 2.42. The molecule has 2 atom stereocenters. The second-order valence-corrected chi connectivity index (χ2v) is 13.2. The van der Waals surface area contributed by atoms with E-state index in [0.717, 1.165) is 25.7 Å². The Morgan fingerprint density at radius 2 is 1.45 bits per heavy atom. The molecule has 0 aromatic heterocycles. The Bertz CT molecular complexity index is 743. The quantitative estimate of drug-likeness (QED) is 0.512. The summed E-state index contributed by atoms with van der Waals surface area (Å²) < 4.78 is 12.7. The first kappa shape index (κ1) is 21.8. The Hall–Kier alpha value is -1.91. The van der Waals surface area contributed by atoms with E-state index in [-0.39, 0.29) is 23.0 Å². The molecule has 4 heteroatoms. The van der Waals surface area contributed by atoms with Gasteiger partial charge >= 0.3 is 5.97 Å². The van der Waals surface area contributed by atoms with Crippen LogP contribution >= 0.6 is 0 Å². The molecular weight excluding hydrogens is 376 g/mol. The first-order valence-corrected chi connectivity index (χ1v) is 12.8. The van der Waals surface area contributed by atoms with Crippen LogP contribution in [0.3, 0.4) is 0 Å². The molecule has 1 saturated carbocycles. The molecule has 2 aromatic carbocycles. The number of hydrogen-bond acceptors (Lipinski definition) is 3. The summed E-state index contributed by atoms with van der Waals surface area (Å²) in [6, 6.07) is 21.3. The molecule has 1 aliphatic rings. The van der Waals surface area contributed by atoms with Crippen LogP contribution in [0.4, 0.5) is 0 Å². The molecular formula is C25H34O3Si. The zero-order valence-electron chi connectivity index (χ0n) is 18.2. The van der Waals surface area contributed by atoms with Crippen LogP contribution in [0.5, 0.6) is 0 Å². The highest BCUT2D eigenvalue weighted by Gasteiger charge is 2.52. The normalized spacial score (nSPS) is 20.3. The van der Waals surface area contributed by atoms with Crippen molar-refractivity contribution >= 4 is 24.7 Å². The van der Waals surface area contributed by atoms with Gasteiger partial charge < -0.3 is 9.16 Å². The van der Waals surface area contributed by atoms with Gasteiger partial charge in [0, 0.05) is 0 Å². The lowest BCUT2D eigenvalue weighted by atomic mass is 9.87. The summed E-state index contributed by atoms with van der Waals surface area (Å²) in [5.41, 5.74) is 0. The number of rotatable bonds is 6. The molecule has 0 N–H and O–H groups in total. The van der Waals surface area contributed by atoms with Crippen molar-refractivity contribution < 1.29 is 14.0 Å². The van der Waals surface area contributed by atoms with Crippen LogP contribution in [0.15, 0.2) is 60.7 Å². The summed E-state index contributed by atoms with van der Waals surface area (Å²) in [6.07, 6.45) is 3.81. The van der Waals surface area contributed by atoms with Crippen molar-refractivity contribution in [3.05, 3.63) is 60.7 Å². The Morgan fingerprint density at radius 3 is 1.93 bits per heavy atom. The van der Waals surface area contributed by atoms with Crippen molar-refractivity contribution in [1.82, 2.24) is 0 Å². The van der Waals surface area contributed by atoms with Gasteiger partial charge in [0.25, 0.3) is 8.32 Å². The topological polar surface area (TPSA) is 35.5 Å². The van der Waals surface area contributed by atoms with Crippen molar-refractivity contribution in [3.8, 4) is 0 Å². The number of benzene rings is 2. The lowest BCUT2D eigenvalue weighted by molar-refractivity contribution is -0.153. The molecule has 3 nitrogen and oxygen atoms in total. The minimum atomic E-state index is -2.66. The van der Waals surface area contributed by atoms with E-state index in [1.165, 1.54) is 10.4 Å². The van der Waals surface area contributed by atoms with Gasteiger partial charge in [0.15, 0.2) is 0 Å². The van der Waals surface area contributed by atoms with E-state index in [1.807, 2.05) is 6.92 Å². The number of ether oxygens (including phenoxy) is 1. The van der Waals surface area contributed by atoms with Gasteiger partial charge in [-0.05, 0) is 35.2 Å². The van der Waals surface area contributed by atoms with Crippen LogP contribution in [-0.4, -0.2) is 27.0 Å². The predicted molar refractivity (Wildman–Crippen MR) is 121 cm³/mol. The third-order valence-electron chi connectivity index (χ3n) is 6.04. The largest absolute Gasteiger partial charge is 0.466 e. The SMILES string of the molecule is CCOC(=O)[C@@H]1CCCC[C@H]1O[Si](c1ccccc1)(c1ccccc1)C(C)(C)C. The molecule has 0 amide bonds. The third kappa shape index (κ3) is 4.49. The van der Waals surface area contributed by atoms with Gasteiger partial charge in [0.1, 0.15) is 0 Å². The van der Waals surface area contributed by atoms with E-state index in [2.05, 4.69) is 81.4 Å². The molecule has 3 rings (SSSR count). The van der Waals surface area contributed by atoms with E-state index >= 15 is 0 Å². The van der Waals surface area contributed by atoms with E-state index in [1.54, 1.807) is 0 Å². The Kier molecular flexibility index (Phi) is 6.96. The van der Waals surface area contributed by atoms with Crippen LogP contribution in [0.25, 0.3) is 0 Å². The first-order valence-electron chi connectivity index (χ1n) is 10.9. The molecule has 0 spiro atoms. The fraction of sp³-hybridized carbons (Fsp3) is 0.480. The van der Waals surface area contributed by atoms with Crippen molar-refractivity contribution in [3.63, 3.8) is 0 Å². The molecule has 1 fully saturated rings. The van der Waals surface area contributed by atoms with Gasteiger partial charge in [-0.3, -0.25) is 4.79 Å². The molecule has 0 aliphatic heterocycles. The first-order chi connectivity index (χ1) is 13.9. The van der Waals surface area contributed by atoms with E-state index in [0.29, 0.717) is 6.61 Å². The third-order valence-corrected chi connectivity index (χ3v) is 11.1. The molecule has 0 bridgehead atoms. The molecule has 0 saturated heterocycles. The molecule has 2 aromatic rings. The Balaban J connectivity index is 2.11. The minimum Gasteiger partial charge on any atom is -0.466 e. The molecule has 29 heavy (non-hydrogen) atoms. The fourth-order valence-corrected chi connectivity index (χ4v) is 9.43. The zero-order chi connectivity index (χ0) is 20.9. The second kappa shape index (κ2) is 9.27.